The van der Waals surface area contributed by atoms with E-state index < -0.39 is 0 Å². The molecule has 0 saturated heterocycles. The van der Waals surface area contributed by atoms with E-state index in [4.69, 9.17) is 0 Å². The lowest BCUT2D eigenvalue weighted by Crippen LogP contribution is -2.04. The van der Waals surface area contributed by atoms with Crippen molar-refractivity contribution < 1.29 is 4.79 Å². The molecule has 0 aromatic heterocycles. The van der Waals surface area contributed by atoms with Gasteiger partial charge in [0.15, 0.2) is 0 Å². The summed E-state index contributed by atoms with van der Waals surface area (Å²) in [5, 5.41) is 11.2. The van der Waals surface area contributed by atoms with Gasteiger partial charge in [0.25, 0.3) is 0 Å². The van der Waals surface area contributed by atoms with Crippen LogP contribution in [0.1, 0.15) is 45.1 Å². The lowest BCUT2D eigenvalue weighted by atomic mass is 9.96. The maximum absolute atomic E-state index is 11.0. The Morgan fingerprint density at radius 1 is 1.00 bits per heavy atom. The number of azo groups is 1. The van der Waals surface area contributed by atoms with Crippen molar-refractivity contribution in [3.63, 3.8) is 0 Å². The smallest absolute Gasteiger partial charge is 0.221 e. The van der Waals surface area contributed by atoms with E-state index in [0.717, 1.165) is 17.1 Å². The van der Waals surface area contributed by atoms with Gasteiger partial charge in [-0.15, -0.1) is 0 Å². The molecular formula is C19H23N3O. The van der Waals surface area contributed by atoms with E-state index in [-0.39, 0.29) is 5.91 Å². The second kappa shape index (κ2) is 8.22. The number of hydrogen-bond acceptors (Lipinski definition) is 3. The van der Waals surface area contributed by atoms with Gasteiger partial charge in [0.2, 0.25) is 5.91 Å². The fraction of sp³-hybridized carbons (Fsp3) is 0.316. The fourth-order valence-corrected chi connectivity index (χ4v) is 2.40. The number of benzene rings is 2. The van der Waals surface area contributed by atoms with E-state index in [1.54, 1.807) is 0 Å². The monoisotopic (exact) mass is 309 g/mol. The largest absolute Gasteiger partial charge is 0.326 e. The van der Waals surface area contributed by atoms with Crippen LogP contribution in [0.3, 0.4) is 0 Å². The van der Waals surface area contributed by atoms with Gasteiger partial charge in [-0.25, -0.2) is 0 Å². The molecule has 1 atom stereocenters. The molecule has 23 heavy (non-hydrogen) atoms. The number of amides is 1. The van der Waals surface area contributed by atoms with Gasteiger partial charge in [-0.3, -0.25) is 4.79 Å². The Balaban J connectivity index is 2.01. The number of nitrogens with zero attached hydrogens (tertiary/aromatic N) is 2. The summed E-state index contributed by atoms with van der Waals surface area (Å²) in [6.07, 6.45) is 2.39. The van der Waals surface area contributed by atoms with Crippen molar-refractivity contribution in [3.05, 3.63) is 54.1 Å². The van der Waals surface area contributed by atoms with Crippen LogP contribution in [0.25, 0.3) is 0 Å². The van der Waals surface area contributed by atoms with Crippen molar-refractivity contribution in [1.82, 2.24) is 0 Å². The molecule has 4 heteroatoms. The van der Waals surface area contributed by atoms with Gasteiger partial charge in [0.05, 0.1) is 11.4 Å². The van der Waals surface area contributed by atoms with Crippen molar-refractivity contribution in [3.8, 4) is 0 Å². The average molecular weight is 309 g/mol. The Kier molecular flexibility index (Phi) is 6.03. The molecule has 0 aliphatic carbocycles. The van der Waals surface area contributed by atoms with E-state index in [1.807, 2.05) is 36.4 Å². The third-order valence-corrected chi connectivity index (χ3v) is 3.65. The lowest BCUT2D eigenvalue weighted by Gasteiger charge is -2.09. The maximum Gasteiger partial charge on any atom is 0.221 e. The first-order chi connectivity index (χ1) is 11.1. The minimum atomic E-state index is -0.0863. The average Bonchev–Trinajstić information content (AvgIpc) is 2.54. The van der Waals surface area contributed by atoms with Gasteiger partial charge in [-0.1, -0.05) is 32.4 Å². The van der Waals surface area contributed by atoms with Crippen molar-refractivity contribution >= 4 is 23.0 Å². The molecule has 0 saturated carbocycles. The number of carbonyl (C=O) groups excluding carboxylic acids is 1. The van der Waals surface area contributed by atoms with Crippen LogP contribution in [-0.2, 0) is 4.79 Å². The van der Waals surface area contributed by atoms with Crippen LogP contribution in [0.15, 0.2) is 58.8 Å². The van der Waals surface area contributed by atoms with Crippen molar-refractivity contribution in [2.75, 3.05) is 5.32 Å². The molecule has 2 aromatic rings. The van der Waals surface area contributed by atoms with E-state index in [9.17, 15) is 4.79 Å². The minimum absolute atomic E-state index is 0.0863. The molecule has 0 bridgehead atoms. The summed E-state index contributed by atoms with van der Waals surface area (Å²) in [6.45, 7) is 5.94. The molecule has 0 fully saturated rings. The Hall–Kier alpha value is -2.49. The molecule has 1 amide bonds. The Morgan fingerprint density at radius 3 is 2.00 bits per heavy atom. The summed E-state index contributed by atoms with van der Waals surface area (Å²) in [5.41, 5.74) is 3.68. The predicted molar refractivity (Wildman–Crippen MR) is 94.7 cm³/mol. The zero-order valence-corrected chi connectivity index (χ0v) is 13.9. The predicted octanol–water partition coefficient (Wildman–Crippen LogP) is 5.96. The topological polar surface area (TPSA) is 53.8 Å². The zero-order chi connectivity index (χ0) is 16.7. The third kappa shape index (κ3) is 5.33. The molecule has 2 aromatic carbocycles. The highest BCUT2D eigenvalue weighted by molar-refractivity contribution is 5.88. The molecule has 0 spiro atoms. The molecule has 120 valence electrons. The van der Waals surface area contributed by atoms with Gasteiger partial charge < -0.3 is 5.32 Å². The molecule has 4 nitrogen and oxygen atoms in total. The van der Waals surface area contributed by atoms with Crippen LogP contribution in [-0.4, -0.2) is 5.91 Å². The molecule has 0 heterocycles. The summed E-state index contributed by atoms with van der Waals surface area (Å²) in [6, 6.07) is 15.5. The highest BCUT2D eigenvalue weighted by atomic mass is 16.1. The molecule has 1 unspecified atom stereocenters. The van der Waals surface area contributed by atoms with Crippen LogP contribution in [0, 0.1) is 0 Å². The number of rotatable bonds is 6. The van der Waals surface area contributed by atoms with E-state index in [2.05, 4.69) is 41.5 Å². The van der Waals surface area contributed by atoms with E-state index in [0.29, 0.717) is 5.92 Å². The van der Waals surface area contributed by atoms with Crippen LogP contribution in [0.5, 0.6) is 0 Å². The molecule has 2 rings (SSSR count). The molecule has 0 aliphatic heterocycles. The summed E-state index contributed by atoms with van der Waals surface area (Å²) >= 11 is 0. The standard InChI is InChI=1S/C19H23N3O/c1-4-5-14(2)16-6-8-18(9-7-16)21-22-19-12-10-17(11-13-19)20-15(3)23/h6-14H,4-5H2,1-3H3,(H,20,23). The van der Waals surface area contributed by atoms with E-state index >= 15 is 0 Å². The lowest BCUT2D eigenvalue weighted by molar-refractivity contribution is -0.114. The van der Waals surface area contributed by atoms with Gasteiger partial charge in [-0.2, -0.15) is 10.2 Å². The van der Waals surface area contributed by atoms with Crippen LogP contribution in [0.2, 0.25) is 0 Å². The second-order valence-electron chi connectivity index (χ2n) is 5.71. The second-order valence-corrected chi connectivity index (χ2v) is 5.71. The third-order valence-electron chi connectivity index (χ3n) is 3.65. The zero-order valence-electron chi connectivity index (χ0n) is 13.9. The molecular weight excluding hydrogens is 286 g/mol. The quantitative estimate of drug-likeness (QED) is 0.657. The number of carbonyl (C=O) groups is 1. The minimum Gasteiger partial charge on any atom is -0.326 e. The summed E-state index contributed by atoms with van der Waals surface area (Å²) in [7, 11) is 0. The van der Waals surface area contributed by atoms with Crippen LogP contribution < -0.4 is 5.32 Å². The van der Waals surface area contributed by atoms with Gasteiger partial charge in [0, 0.05) is 12.6 Å². The van der Waals surface area contributed by atoms with Gasteiger partial charge in [0.1, 0.15) is 0 Å². The summed E-state index contributed by atoms with van der Waals surface area (Å²) < 4.78 is 0. The fourth-order valence-electron chi connectivity index (χ4n) is 2.40. The van der Waals surface area contributed by atoms with E-state index in [1.165, 1.54) is 25.3 Å². The number of anilines is 1. The SMILES string of the molecule is CCCC(C)c1ccc(N=Nc2ccc(NC(C)=O)cc2)cc1. The number of nitrogens with one attached hydrogen (secondary N) is 1. The Labute approximate surface area is 137 Å². The highest BCUT2D eigenvalue weighted by Gasteiger charge is 2.03. The van der Waals surface area contributed by atoms with Gasteiger partial charge in [-0.05, 0) is 54.3 Å². The highest BCUT2D eigenvalue weighted by Crippen LogP contribution is 2.24. The summed E-state index contributed by atoms with van der Waals surface area (Å²) in [4.78, 5) is 11.0. The van der Waals surface area contributed by atoms with Crippen LogP contribution >= 0.6 is 0 Å². The van der Waals surface area contributed by atoms with Crippen LogP contribution in [0.4, 0.5) is 17.1 Å². The maximum atomic E-state index is 11.0. The molecule has 0 radical (unpaired) electrons. The first-order valence-corrected chi connectivity index (χ1v) is 7.98. The Morgan fingerprint density at radius 2 is 1.52 bits per heavy atom. The van der Waals surface area contributed by atoms with Crippen molar-refractivity contribution in [2.24, 2.45) is 10.2 Å². The van der Waals surface area contributed by atoms with Crippen molar-refractivity contribution in [2.45, 2.75) is 39.5 Å². The first-order valence-electron chi connectivity index (χ1n) is 7.98. The summed E-state index contributed by atoms with van der Waals surface area (Å²) in [5.74, 6) is 0.490. The Bertz CT molecular complexity index is 660. The normalized spacial score (nSPS) is 12.3. The van der Waals surface area contributed by atoms with Crippen molar-refractivity contribution in [1.29, 1.82) is 0 Å². The van der Waals surface area contributed by atoms with Gasteiger partial charge >= 0.3 is 0 Å². The molecule has 0 aliphatic rings. The first kappa shape index (κ1) is 16.9. The number of hydrogen-bond donors (Lipinski definition) is 1. The molecule has 1 N–H and O–H groups in total.